The number of unbranched alkanes of at least 4 members (excludes halogenated alkanes) is 3. The molecule has 0 saturated heterocycles. The number of nitriles is 1. The lowest BCUT2D eigenvalue weighted by atomic mass is 9.86. The van der Waals surface area contributed by atoms with Gasteiger partial charge in [0.1, 0.15) is 6.10 Å². The quantitative estimate of drug-likeness (QED) is 0.286. The van der Waals surface area contributed by atoms with E-state index in [1.54, 1.807) is 0 Å². The number of carbonyl (C=O) groups is 2. The number of ether oxygens (including phenoxy) is 3. The van der Waals surface area contributed by atoms with Gasteiger partial charge in [0.2, 0.25) is 0 Å². The molecular formula is C23H35NO5. The molecular weight excluding hydrogens is 370 g/mol. The van der Waals surface area contributed by atoms with E-state index in [9.17, 15) is 9.59 Å². The molecule has 0 amide bonds. The van der Waals surface area contributed by atoms with Crippen molar-refractivity contribution in [3.63, 3.8) is 0 Å². The third kappa shape index (κ3) is 8.99. The number of hydrogen-bond donors (Lipinski definition) is 0. The van der Waals surface area contributed by atoms with Crippen LogP contribution in [0.4, 0.5) is 0 Å². The van der Waals surface area contributed by atoms with Crippen LogP contribution in [0.15, 0.2) is 12.7 Å². The van der Waals surface area contributed by atoms with Gasteiger partial charge in [-0.3, -0.25) is 4.79 Å². The summed E-state index contributed by atoms with van der Waals surface area (Å²) < 4.78 is 16.6. The van der Waals surface area contributed by atoms with Crippen LogP contribution in [0, 0.1) is 23.2 Å². The molecule has 2 saturated carbocycles. The Bertz CT molecular complexity index is 554. The van der Waals surface area contributed by atoms with Gasteiger partial charge in [0.15, 0.2) is 0 Å². The van der Waals surface area contributed by atoms with Gasteiger partial charge in [-0.15, -0.1) is 0 Å². The highest BCUT2D eigenvalue weighted by Crippen LogP contribution is 2.30. The molecule has 2 aliphatic carbocycles. The maximum Gasteiger partial charge on any atom is 0.330 e. The zero-order valence-corrected chi connectivity index (χ0v) is 17.5. The molecule has 0 bridgehead atoms. The smallest absolute Gasteiger partial charge is 0.330 e. The summed E-state index contributed by atoms with van der Waals surface area (Å²) >= 11 is 0. The van der Waals surface area contributed by atoms with Crippen molar-refractivity contribution < 1.29 is 23.8 Å². The Morgan fingerprint density at radius 1 is 0.897 bits per heavy atom. The van der Waals surface area contributed by atoms with E-state index < -0.39 is 0 Å². The number of nitrogens with zero attached hydrogens (tertiary/aromatic N) is 1. The average Bonchev–Trinajstić information content (AvgIpc) is 2.76. The van der Waals surface area contributed by atoms with E-state index in [1.807, 2.05) is 0 Å². The molecule has 162 valence electrons. The summed E-state index contributed by atoms with van der Waals surface area (Å²) in [6.07, 6.45) is 12.2. The lowest BCUT2D eigenvalue weighted by Gasteiger charge is -2.30. The lowest BCUT2D eigenvalue weighted by molar-refractivity contribution is -0.158. The predicted molar refractivity (Wildman–Crippen MR) is 109 cm³/mol. The van der Waals surface area contributed by atoms with Gasteiger partial charge in [0.05, 0.1) is 24.7 Å². The summed E-state index contributed by atoms with van der Waals surface area (Å²) in [5, 5.41) is 8.95. The first kappa shape index (κ1) is 23.4. The minimum atomic E-state index is -0.362. The van der Waals surface area contributed by atoms with Gasteiger partial charge in [-0.1, -0.05) is 13.0 Å². The highest BCUT2D eigenvalue weighted by molar-refractivity contribution is 5.81. The van der Waals surface area contributed by atoms with Gasteiger partial charge in [0.25, 0.3) is 0 Å². The fourth-order valence-electron chi connectivity index (χ4n) is 4.07. The van der Waals surface area contributed by atoms with Gasteiger partial charge in [-0.25, -0.2) is 4.79 Å². The largest absolute Gasteiger partial charge is 0.463 e. The summed E-state index contributed by atoms with van der Waals surface area (Å²) in [4.78, 5) is 23.3. The SMILES string of the molecule is C=CC(=O)OCCCCCCOC1CCC(C(=O)OC2CCC(C#N)CC2)CC1. The maximum atomic E-state index is 12.4. The predicted octanol–water partition coefficient (Wildman–Crippen LogP) is 4.48. The van der Waals surface area contributed by atoms with Crippen LogP contribution in [0.5, 0.6) is 0 Å². The van der Waals surface area contributed by atoms with Crippen LogP contribution in [0.2, 0.25) is 0 Å². The Labute approximate surface area is 174 Å². The fourth-order valence-corrected chi connectivity index (χ4v) is 4.07. The summed E-state index contributed by atoms with van der Waals surface area (Å²) in [6.45, 7) is 4.56. The summed E-state index contributed by atoms with van der Waals surface area (Å²) in [5.41, 5.74) is 0. The Morgan fingerprint density at radius 2 is 1.52 bits per heavy atom. The van der Waals surface area contributed by atoms with E-state index in [0.717, 1.165) is 83.7 Å². The van der Waals surface area contributed by atoms with Gasteiger partial charge < -0.3 is 14.2 Å². The summed E-state index contributed by atoms with van der Waals surface area (Å²) in [6, 6.07) is 2.31. The van der Waals surface area contributed by atoms with Crippen LogP contribution in [-0.2, 0) is 23.8 Å². The van der Waals surface area contributed by atoms with E-state index in [2.05, 4.69) is 12.6 Å². The summed E-state index contributed by atoms with van der Waals surface area (Å²) in [7, 11) is 0. The zero-order chi connectivity index (χ0) is 20.9. The molecule has 0 aromatic rings. The molecule has 0 aromatic carbocycles. The molecule has 0 aliphatic heterocycles. The van der Waals surface area contributed by atoms with Crippen molar-refractivity contribution in [2.75, 3.05) is 13.2 Å². The van der Waals surface area contributed by atoms with Crippen LogP contribution in [0.1, 0.15) is 77.0 Å². The van der Waals surface area contributed by atoms with E-state index >= 15 is 0 Å². The highest BCUT2D eigenvalue weighted by Gasteiger charge is 2.30. The number of hydrogen-bond acceptors (Lipinski definition) is 6. The Kier molecular flexibility index (Phi) is 10.8. The van der Waals surface area contributed by atoms with Gasteiger partial charge in [0, 0.05) is 18.6 Å². The number of carbonyl (C=O) groups excluding carboxylic acids is 2. The van der Waals surface area contributed by atoms with Gasteiger partial charge in [-0.05, 0) is 70.6 Å². The molecule has 2 fully saturated rings. The van der Waals surface area contributed by atoms with Crippen molar-refractivity contribution in [3.05, 3.63) is 12.7 Å². The lowest BCUT2D eigenvalue weighted by Crippen LogP contribution is -2.31. The van der Waals surface area contributed by atoms with E-state index in [-0.39, 0.29) is 36.0 Å². The normalized spacial score (nSPS) is 26.9. The van der Waals surface area contributed by atoms with E-state index in [0.29, 0.717) is 6.61 Å². The van der Waals surface area contributed by atoms with Crippen molar-refractivity contribution in [2.45, 2.75) is 89.3 Å². The third-order valence-electron chi connectivity index (χ3n) is 5.95. The van der Waals surface area contributed by atoms with Crippen molar-refractivity contribution in [1.82, 2.24) is 0 Å². The molecule has 0 N–H and O–H groups in total. The van der Waals surface area contributed by atoms with Crippen molar-refractivity contribution in [3.8, 4) is 6.07 Å². The second kappa shape index (κ2) is 13.4. The van der Waals surface area contributed by atoms with Gasteiger partial charge in [-0.2, -0.15) is 5.26 Å². The number of rotatable bonds is 11. The Hall–Kier alpha value is -1.87. The molecule has 0 heterocycles. The Balaban J connectivity index is 1.47. The second-order valence-electron chi connectivity index (χ2n) is 8.17. The molecule has 6 nitrogen and oxygen atoms in total. The third-order valence-corrected chi connectivity index (χ3v) is 5.95. The van der Waals surface area contributed by atoms with E-state index in [1.165, 1.54) is 6.08 Å². The summed E-state index contributed by atoms with van der Waals surface area (Å²) in [5.74, 6) is -0.283. The van der Waals surface area contributed by atoms with Crippen molar-refractivity contribution in [2.24, 2.45) is 11.8 Å². The molecule has 29 heavy (non-hydrogen) atoms. The first-order chi connectivity index (χ1) is 14.1. The fraction of sp³-hybridized carbons (Fsp3) is 0.783. The molecule has 6 heteroatoms. The zero-order valence-electron chi connectivity index (χ0n) is 17.5. The standard InChI is InChI=1S/C23H35NO5/c1-2-22(25)28-16-6-4-3-5-15-27-20-13-9-19(10-14-20)23(26)29-21-11-7-18(17-24)8-12-21/h2,18-21H,1,3-16H2. The van der Waals surface area contributed by atoms with Crippen LogP contribution in [0.3, 0.4) is 0 Å². The maximum absolute atomic E-state index is 12.4. The highest BCUT2D eigenvalue weighted by atomic mass is 16.5. The first-order valence-corrected chi connectivity index (χ1v) is 11.1. The molecule has 0 aromatic heterocycles. The first-order valence-electron chi connectivity index (χ1n) is 11.1. The van der Waals surface area contributed by atoms with Gasteiger partial charge >= 0.3 is 11.9 Å². The monoisotopic (exact) mass is 405 g/mol. The Morgan fingerprint density at radius 3 is 2.14 bits per heavy atom. The minimum absolute atomic E-state index is 0.00126. The molecule has 0 radical (unpaired) electrons. The minimum Gasteiger partial charge on any atom is -0.463 e. The average molecular weight is 406 g/mol. The molecule has 2 aliphatic rings. The van der Waals surface area contributed by atoms with Crippen molar-refractivity contribution >= 4 is 11.9 Å². The van der Waals surface area contributed by atoms with Crippen molar-refractivity contribution in [1.29, 1.82) is 5.26 Å². The molecule has 2 rings (SSSR count). The van der Waals surface area contributed by atoms with Crippen LogP contribution in [-0.4, -0.2) is 37.4 Å². The topological polar surface area (TPSA) is 85.6 Å². The van der Waals surface area contributed by atoms with Crippen LogP contribution < -0.4 is 0 Å². The molecule has 0 atom stereocenters. The van der Waals surface area contributed by atoms with E-state index in [4.69, 9.17) is 19.5 Å². The van der Waals surface area contributed by atoms with Crippen LogP contribution >= 0.6 is 0 Å². The molecule has 0 unspecified atom stereocenters. The number of esters is 2. The second-order valence-corrected chi connectivity index (χ2v) is 8.17. The van der Waals surface area contributed by atoms with Crippen LogP contribution in [0.25, 0.3) is 0 Å². The molecule has 0 spiro atoms.